The number of amides is 3. The van der Waals surface area contributed by atoms with Gasteiger partial charge < -0.3 is 15.2 Å². The molecule has 21 heavy (non-hydrogen) atoms. The largest absolute Gasteiger partial charge is 0.481 e. The van der Waals surface area contributed by atoms with E-state index in [0.717, 1.165) is 0 Å². The third kappa shape index (κ3) is 4.79. The number of rotatable bonds is 5. The molecule has 0 aromatic heterocycles. The van der Waals surface area contributed by atoms with Crippen molar-refractivity contribution in [3.05, 3.63) is 29.3 Å². The number of imide groups is 1. The Morgan fingerprint density at radius 2 is 2.00 bits per heavy atom. The number of aromatic carboxylic acids is 1. The summed E-state index contributed by atoms with van der Waals surface area (Å²) in [6, 6.07) is 3.81. The molecule has 0 spiro atoms. The molecule has 3 amide bonds. The zero-order valence-corrected chi connectivity index (χ0v) is 12.1. The van der Waals surface area contributed by atoms with Crippen LogP contribution in [0.1, 0.15) is 29.8 Å². The minimum atomic E-state index is -1.03. The molecule has 0 saturated carbocycles. The van der Waals surface area contributed by atoms with Gasteiger partial charge in [0, 0.05) is 6.54 Å². The summed E-state index contributed by atoms with van der Waals surface area (Å²) in [5, 5.41) is 13.5. The molecule has 0 aliphatic rings. The number of nitrogens with one attached hydrogen (secondary N) is 2. The molecule has 0 saturated heterocycles. The number of hydrogen-bond acceptors (Lipinski definition) is 4. The quantitative estimate of drug-likeness (QED) is 0.759. The highest BCUT2D eigenvalue weighted by atomic mass is 16.5. The van der Waals surface area contributed by atoms with E-state index in [0.29, 0.717) is 17.9 Å². The minimum absolute atomic E-state index is 0.168. The lowest BCUT2D eigenvalue weighted by atomic mass is 10.1. The predicted octanol–water partition coefficient (Wildman–Crippen LogP) is 1.31. The van der Waals surface area contributed by atoms with Crippen molar-refractivity contribution < 1.29 is 24.2 Å². The van der Waals surface area contributed by atoms with Gasteiger partial charge in [0.25, 0.3) is 5.91 Å². The van der Waals surface area contributed by atoms with Crippen LogP contribution in [0.15, 0.2) is 18.2 Å². The van der Waals surface area contributed by atoms with Crippen molar-refractivity contribution in [2.75, 3.05) is 6.54 Å². The first-order valence-corrected chi connectivity index (χ1v) is 6.44. The van der Waals surface area contributed by atoms with Crippen molar-refractivity contribution in [1.82, 2.24) is 10.6 Å². The van der Waals surface area contributed by atoms with E-state index in [1.807, 2.05) is 0 Å². The summed E-state index contributed by atoms with van der Waals surface area (Å²) in [7, 11) is 0. The summed E-state index contributed by atoms with van der Waals surface area (Å²) in [6.45, 7) is 5.27. The maximum absolute atomic E-state index is 11.7. The Morgan fingerprint density at radius 3 is 2.52 bits per heavy atom. The SMILES string of the molecule is CCNC(=O)NC(=O)C(C)Oc1ccc(C(=O)O)c(C)c1. The number of hydrogen-bond donors (Lipinski definition) is 3. The van der Waals surface area contributed by atoms with E-state index in [4.69, 9.17) is 9.84 Å². The lowest BCUT2D eigenvalue weighted by Gasteiger charge is -2.15. The lowest BCUT2D eigenvalue weighted by Crippen LogP contribution is -2.45. The van der Waals surface area contributed by atoms with Crippen molar-refractivity contribution in [3.63, 3.8) is 0 Å². The third-order valence-corrected chi connectivity index (χ3v) is 2.68. The number of carbonyl (C=O) groups excluding carboxylic acids is 2. The minimum Gasteiger partial charge on any atom is -0.481 e. The third-order valence-electron chi connectivity index (χ3n) is 2.68. The second-order valence-electron chi connectivity index (χ2n) is 4.39. The lowest BCUT2D eigenvalue weighted by molar-refractivity contribution is -0.126. The van der Waals surface area contributed by atoms with Crippen LogP contribution in [0.25, 0.3) is 0 Å². The van der Waals surface area contributed by atoms with E-state index in [2.05, 4.69) is 10.6 Å². The summed E-state index contributed by atoms with van der Waals surface area (Å²) in [6.07, 6.45) is -0.886. The fourth-order valence-corrected chi connectivity index (χ4v) is 1.63. The molecule has 1 atom stereocenters. The van der Waals surface area contributed by atoms with Crippen molar-refractivity contribution >= 4 is 17.9 Å². The highest BCUT2D eigenvalue weighted by molar-refractivity contribution is 5.96. The second-order valence-corrected chi connectivity index (χ2v) is 4.39. The van der Waals surface area contributed by atoms with Crippen LogP contribution in [0.5, 0.6) is 5.75 Å². The van der Waals surface area contributed by atoms with Gasteiger partial charge in [-0.25, -0.2) is 9.59 Å². The van der Waals surface area contributed by atoms with Gasteiger partial charge in [-0.15, -0.1) is 0 Å². The van der Waals surface area contributed by atoms with Crippen LogP contribution in [-0.2, 0) is 4.79 Å². The highest BCUT2D eigenvalue weighted by Crippen LogP contribution is 2.18. The van der Waals surface area contributed by atoms with Crippen LogP contribution in [0, 0.1) is 6.92 Å². The molecule has 114 valence electrons. The van der Waals surface area contributed by atoms with E-state index in [1.54, 1.807) is 13.8 Å². The molecule has 0 radical (unpaired) electrons. The maximum Gasteiger partial charge on any atom is 0.335 e. The summed E-state index contributed by atoms with van der Waals surface area (Å²) < 4.78 is 5.39. The Morgan fingerprint density at radius 1 is 1.33 bits per heavy atom. The van der Waals surface area contributed by atoms with Gasteiger partial charge in [0.2, 0.25) is 0 Å². The normalized spacial score (nSPS) is 11.4. The molecule has 7 heteroatoms. The van der Waals surface area contributed by atoms with Gasteiger partial charge >= 0.3 is 12.0 Å². The molecule has 0 heterocycles. The first kappa shape index (κ1) is 16.5. The van der Waals surface area contributed by atoms with Crippen LogP contribution < -0.4 is 15.4 Å². The Bertz CT molecular complexity index is 556. The Balaban J connectivity index is 2.68. The van der Waals surface area contributed by atoms with Crippen molar-refractivity contribution in [2.24, 2.45) is 0 Å². The van der Waals surface area contributed by atoms with Crippen LogP contribution in [0.3, 0.4) is 0 Å². The first-order valence-electron chi connectivity index (χ1n) is 6.44. The smallest absolute Gasteiger partial charge is 0.335 e. The average molecular weight is 294 g/mol. The van der Waals surface area contributed by atoms with Gasteiger partial charge in [0.05, 0.1) is 5.56 Å². The first-order chi connectivity index (χ1) is 9.85. The van der Waals surface area contributed by atoms with Gasteiger partial charge in [-0.05, 0) is 44.5 Å². The van der Waals surface area contributed by atoms with Crippen LogP contribution >= 0.6 is 0 Å². The molecule has 3 N–H and O–H groups in total. The van der Waals surface area contributed by atoms with Crippen LogP contribution in [0.2, 0.25) is 0 Å². The van der Waals surface area contributed by atoms with Crippen molar-refractivity contribution in [1.29, 1.82) is 0 Å². The summed E-state index contributed by atoms with van der Waals surface area (Å²) in [4.78, 5) is 33.8. The molecule has 1 rings (SSSR count). The number of benzene rings is 1. The number of carboxylic acid groups (broad SMARTS) is 1. The Kier molecular flexibility index (Phi) is 5.71. The standard InChI is InChI=1S/C14H18N2O5/c1-4-15-14(20)16-12(17)9(3)21-10-5-6-11(13(18)19)8(2)7-10/h5-7,9H,4H2,1-3H3,(H,18,19)(H2,15,16,17,20). The van der Waals surface area contributed by atoms with Gasteiger partial charge in [-0.2, -0.15) is 0 Å². The number of aryl methyl sites for hydroxylation is 1. The topological polar surface area (TPSA) is 105 Å². The molecule has 1 aromatic rings. The van der Waals surface area contributed by atoms with E-state index in [9.17, 15) is 14.4 Å². The molecular weight excluding hydrogens is 276 g/mol. The average Bonchev–Trinajstić information content (AvgIpc) is 2.38. The van der Waals surface area contributed by atoms with Gasteiger partial charge in [0.1, 0.15) is 5.75 Å². The molecule has 0 fully saturated rings. The number of carbonyl (C=O) groups is 3. The van der Waals surface area contributed by atoms with Crippen molar-refractivity contribution in [2.45, 2.75) is 26.9 Å². The second kappa shape index (κ2) is 7.28. The predicted molar refractivity (Wildman–Crippen MR) is 75.4 cm³/mol. The molecule has 1 unspecified atom stereocenters. The Hall–Kier alpha value is -2.57. The monoisotopic (exact) mass is 294 g/mol. The van der Waals surface area contributed by atoms with E-state index in [-0.39, 0.29) is 5.56 Å². The fraction of sp³-hybridized carbons (Fsp3) is 0.357. The van der Waals surface area contributed by atoms with Crippen LogP contribution in [-0.4, -0.2) is 35.7 Å². The molecular formula is C14H18N2O5. The zero-order valence-electron chi connectivity index (χ0n) is 12.1. The highest BCUT2D eigenvalue weighted by Gasteiger charge is 2.17. The maximum atomic E-state index is 11.7. The van der Waals surface area contributed by atoms with E-state index >= 15 is 0 Å². The van der Waals surface area contributed by atoms with Gasteiger partial charge in [0.15, 0.2) is 6.10 Å². The molecule has 0 aliphatic heterocycles. The fourth-order valence-electron chi connectivity index (χ4n) is 1.63. The van der Waals surface area contributed by atoms with E-state index in [1.165, 1.54) is 25.1 Å². The number of carboxylic acids is 1. The summed E-state index contributed by atoms with van der Waals surface area (Å²) in [5.74, 6) is -1.25. The molecule has 0 bridgehead atoms. The van der Waals surface area contributed by atoms with Gasteiger partial charge in [-0.3, -0.25) is 10.1 Å². The van der Waals surface area contributed by atoms with E-state index < -0.39 is 24.0 Å². The van der Waals surface area contributed by atoms with Crippen LogP contribution in [0.4, 0.5) is 4.79 Å². The summed E-state index contributed by atoms with van der Waals surface area (Å²) in [5.41, 5.74) is 0.693. The number of urea groups is 1. The molecule has 1 aromatic carbocycles. The van der Waals surface area contributed by atoms with Gasteiger partial charge in [-0.1, -0.05) is 0 Å². The zero-order chi connectivity index (χ0) is 16.0. The number of ether oxygens (including phenoxy) is 1. The molecule has 7 nitrogen and oxygen atoms in total. The Labute approximate surface area is 122 Å². The summed E-state index contributed by atoms with van der Waals surface area (Å²) >= 11 is 0. The molecule has 0 aliphatic carbocycles. The van der Waals surface area contributed by atoms with Crippen molar-refractivity contribution in [3.8, 4) is 5.75 Å².